The summed E-state index contributed by atoms with van der Waals surface area (Å²) < 4.78 is 26.3. The third-order valence-electron chi connectivity index (χ3n) is 3.22. The number of anilines is 1. The molecule has 2 aromatic carbocycles. The van der Waals surface area contributed by atoms with Crippen molar-refractivity contribution in [1.29, 1.82) is 0 Å². The predicted molar refractivity (Wildman–Crippen MR) is 85.8 cm³/mol. The van der Waals surface area contributed by atoms with Gasteiger partial charge in [-0.2, -0.15) is 0 Å². The van der Waals surface area contributed by atoms with Crippen LogP contribution in [0.3, 0.4) is 0 Å². The third-order valence-corrected chi connectivity index (χ3v) is 5.37. The zero-order valence-electron chi connectivity index (χ0n) is 11.7. The zero-order chi connectivity index (χ0) is 15.5. The number of halogens is 1. The quantitative estimate of drug-likeness (QED) is 0.860. The van der Waals surface area contributed by atoms with Crippen molar-refractivity contribution in [1.82, 2.24) is 4.31 Å². The standard InChI is InChI=1S/C15H17ClN2O2S/c1-18(10-9-12-5-3-2-4-6-12)21(19,20)15-11-13(16)7-8-14(15)17/h2-8,11H,9-10,17H2,1H3. The van der Waals surface area contributed by atoms with Crippen LogP contribution in [0.4, 0.5) is 5.69 Å². The molecule has 0 aliphatic carbocycles. The number of nitrogens with zero attached hydrogens (tertiary/aromatic N) is 1. The van der Waals surface area contributed by atoms with Gasteiger partial charge in [0.1, 0.15) is 4.90 Å². The van der Waals surface area contributed by atoms with Gasteiger partial charge in [0.2, 0.25) is 10.0 Å². The topological polar surface area (TPSA) is 63.4 Å². The maximum absolute atomic E-state index is 12.5. The van der Waals surface area contributed by atoms with Gasteiger partial charge in [-0.15, -0.1) is 0 Å². The fourth-order valence-electron chi connectivity index (χ4n) is 1.95. The third kappa shape index (κ3) is 3.75. The van der Waals surface area contributed by atoms with Crippen molar-refractivity contribution in [3.63, 3.8) is 0 Å². The normalized spacial score (nSPS) is 11.8. The molecule has 0 saturated carbocycles. The van der Waals surface area contributed by atoms with Crippen molar-refractivity contribution in [3.8, 4) is 0 Å². The Hall–Kier alpha value is -1.56. The lowest BCUT2D eigenvalue weighted by molar-refractivity contribution is 0.473. The second-order valence-electron chi connectivity index (χ2n) is 4.74. The largest absolute Gasteiger partial charge is 0.398 e. The Morgan fingerprint density at radius 2 is 1.81 bits per heavy atom. The first-order valence-corrected chi connectivity index (χ1v) is 8.28. The van der Waals surface area contributed by atoms with Crippen LogP contribution in [0.1, 0.15) is 5.56 Å². The van der Waals surface area contributed by atoms with Crippen molar-refractivity contribution < 1.29 is 8.42 Å². The average molecular weight is 325 g/mol. The number of sulfonamides is 1. The van der Waals surface area contributed by atoms with Crippen LogP contribution in [0.5, 0.6) is 0 Å². The second-order valence-corrected chi connectivity index (χ2v) is 7.19. The maximum Gasteiger partial charge on any atom is 0.244 e. The van der Waals surface area contributed by atoms with Gasteiger partial charge in [-0.25, -0.2) is 12.7 Å². The van der Waals surface area contributed by atoms with E-state index >= 15 is 0 Å². The van der Waals surface area contributed by atoms with E-state index < -0.39 is 10.0 Å². The van der Waals surface area contributed by atoms with Crippen molar-refractivity contribution in [2.24, 2.45) is 0 Å². The molecule has 2 aromatic rings. The molecule has 0 bridgehead atoms. The molecule has 0 saturated heterocycles. The maximum atomic E-state index is 12.5. The summed E-state index contributed by atoms with van der Waals surface area (Å²) in [6.45, 7) is 0.373. The van der Waals surface area contributed by atoms with E-state index in [0.29, 0.717) is 18.0 Å². The number of rotatable bonds is 5. The molecule has 0 radical (unpaired) electrons. The summed E-state index contributed by atoms with van der Waals surface area (Å²) in [5, 5.41) is 0.347. The molecular weight excluding hydrogens is 308 g/mol. The Kier molecular flexibility index (Phi) is 4.88. The Morgan fingerprint density at radius 3 is 2.48 bits per heavy atom. The first-order chi connectivity index (χ1) is 9.91. The molecule has 0 aromatic heterocycles. The molecule has 0 unspecified atom stereocenters. The summed E-state index contributed by atoms with van der Waals surface area (Å²) in [6.07, 6.45) is 0.636. The van der Waals surface area contributed by atoms with Crippen LogP contribution >= 0.6 is 11.6 Å². The SMILES string of the molecule is CN(CCc1ccccc1)S(=O)(=O)c1cc(Cl)ccc1N. The molecule has 0 atom stereocenters. The van der Waals surface area contributed by atoms with Crippen LogP contribution in [-0.2, 0) is 16.4 Å². The zero-order valence-corrected chi connectivity index (χ0v) is 13.2. The average Bonchev–Trinajstić information content (AvgIpc) is 2.48. The second kappa shape index (κ2) is 6.47. The van der Waals surface area contributed by atoms with E-state index in [2.05, 4.69) is 0 Å². The van der Waals surface area contributed by atoms with Crippen LogP contribution in [0.15, 0.2) is 53.4 Å². The molecule has 0 heterocycles. The van der Waals surface area contributed by atoms with E-state index in [-0.39, 0.29) is 10.6 Å². The minimum Gasteiger partial charge on any atom is -0.398 e. The lowest BCUT2D eigenvalue weighted by Gasteiger charge is -2.18. The van der Waals surface area contributed by atoms with Crippen molar-refractivity contribution in [2.45, 2.75) is 11.3 Å². The van der Waals surface area contributed by atoms with Gasteiger partial charge in [0, 0.05) is 18.6 Å². The molecule has 0 fully saturated rings. The van der Waals surface area contributed by atoms with Gasteiger partial charge in [-0.1, -0.05) is 41.9 Å². The lowest BCUT2D eigenvalue weighted by Crippen LogP contribution is -2.29. The number of likely N-dealkylation sites (N-methyl/N-ethyl adjacent to an activating group) is 1. The predicted octanol–water partition coefficient (Wildman–Crippen LogP) is 2.79. The van der Waals surface area contributed by atoms with E-state index in [1.165, 1.54) is 16.4 Å². The van der Waals surface area contributed by atoms with Gasteiger partial charge in [-0.05, 0) is 30.2 Å². The van der Waals surface area contributed by atoms with Gasteiger partial charge in [0.05, 0.1) is 5.69 Å². The Bertz CT molecular complexity index is 718. The van der Waals surface area contributed by atoms with Crippen LogP contribution in [0.25, 0.3) is 0 Å². The number of nitrogen functional groups attached to an aromatic ring is 1. The molecule has 6 heteroatoms. The van der Waals surface area contributed by atoms with Gasteiger partial charge in [0.15, 0.2) is 0 Å². The monoisotopic (exact) mass is 324 g/mol. The van der Waals surface area contributed by atoms with E-state index in [9.17, 15) is 8.42 Å². The summed E-state index contributed by atoms with van der Waals surface area (Å²) in [4.78, 5) is 0.0468. The molecule has 0 amide bonds. The van der Waals surface area contributed by atoms with Crippen LogP contribution in [0.2, 0.25) is 5.02 Å². The minimum atomic E-state index is -3.64. The van der Waals surface area contributed by atoms with E-state index in [1.807, 2.05) is 30.3 Å². The molecule has 2 rings (SSSR count). The molecule has 112 valence electrons. The minimum absolute atomic E-state index is 0.0468. The molecule has 0 aliphatic rings. The molecule has 0 aliphatic heterocycles. The lowest BCUT2D eigenvalue weighted by atomic mass is 10.2. The molecule has 2 N–H and O–H groups in total. The van der Waals surface area contributed by atoms with E-state index in [0.717, 1.165) is 5.56 Å². The molecule has 0 spiro atoms. The summed E-state index contributed by atoms with van der Waals surface area (Å²) in [5.74, 6) is 0. The summed E-state index contributed by atoms with van der Waals surface area (Å²) in [7, 11) is -2.10. The van der Waals surface area contributed by atoms with E-state index in [1.54, 1.807) is 13.1 Å². The highest BCUT2D eigenvalue weighted by molar-refractivity contribution is 7.89. The fraction of sp³-hybridized carbons (Fsp3) is 0.200. The number of nitrogens with two attached hydrogens (primary N) is 1. The van der Waals surface area contributed by atoms with Crippen LogP contribution in [-0.4, -0.2) is 26.3 Å². The Morgan fingerprint density at radius 1 is 1.14 bits per heavy atom. The Labute approximate surface area is 130 Å². The van der Waals surface area contributed by atoms with Crippen molar-refractivity contribution in [2.75, 3.05) is 19.3 Å². The smallest absolute Gasteiger partial charge is 0.244 e. The van der Waals surface area contributed by atoms with Crippen molar-refractivity contribution in [3.05, 3.63) is 59.1 Å². The summed E-state index contributed by atoms with van der Waals surface area (Å²) >= 11 is 5.86. The van der Waals surface area contributed by atoms with Crippen LogP contribution in [0, 0.1) is 0 Å². The van der Waals surface area contributed by atoms with Gasteiger partial charge < -0.3 is 5.73 Å². The van der Waals surface area contributed by atoms with E-state index in [4.69, 9.17) is 17.3 Å². The molecular formula is C15H17ClN2O2S. The first kappa shape index (κ1) is 15.8. The number of hydrogen-bond acceptors (Lipinski definition) is 3. The van der Waals surface area contributed by atoms with Crippen molar-refractivity contribution >= 4 is 27.3 Å². The fourth-order valence-corrected chi connectivity index (χ4v) is 3.50. The summed E-state index contributed by atoms with van der Waals surface area (Å²) in [6, 6.07) is 14.2. The number of hydrogen-bond donors (Lipinski definition) is 1. The summed E-state index contributed by atoms with van der Waals surface area (Å²) in [5.41, 5.74) is 7.04. The van der Waals surface area contributed by atoms with Gasteiger partial charge >= 0.3 is 0 Å². The highest BCUT2D eigenvalue weighted by Crippen LogP contribution is 2.25. The van der Waals surface area contributed by atoms with Crippen LogP contribution < -0.4 is 5.73 Å². The highest BCUT2D eigenvalue weighted by Gasteiger charge is 2.23. The van der Waals surface area contributed by atoms with Gasteiger partial charge in [-0.3, -0.25) is 0 Å². The van der Waals surface area contributed by atoms with Gasteiger partial charge in [0.25, 0.3) is 0 Å². The molecule has 4 nitrogen and oxygen atoms in total. The Balaban J connectivity index is 2.17. The molecule has 21 heavy (non-hydrogen) atoms. The number of benzene rings is 2. The highest BCUT2D eigenvalue weighted by atomic mass is 35.5. The first-order valence-electron chi connectivity index (χ1n) is 6.46.